The lowest BCUT2D eigenvalue weighted by molar-refractivity contribution is -0.125. The molecular weight excluding hydrogens is 220 g/mol. The van der Waals surface area contributed by atoms with E-state index in [-0.39, 0.29) is 12.5 Å². The Morgan fingerprint density at radius 1 is 1.41 bits per heavy atom. The van der Waals surface area contributed by atoms with E-state index in [1.165, 1.54) is 7.11 Å². The van der Waals surface area contributed by atoms with Gasteiger partial charge in [0.25, 0.3) is 5.91 Å². The van der Waals surface area contributed by atoms with Gasteiger partial charge < -0.3 is 20.5 Å². The monoisotopic (exact) mass is 238 g/mol. The van der Waals surface area contributed by atoms with E-state index in [0.717, 1.165) is 5.75 Å². The molecule has 1 aromatic rings. The van der Waals surface area contributed by atoms with Crippen LogP contribution in [-0.2, 0) is 9.53 Å². The summed E-state index contributed by atoms with van der Waals surface area (Å²) < 4.78 is 10.2. The highest BCUT2D eigenvalue weighted by Gasteiger charge is 2.15. The fourth-order valence-corrected chi connectivity index (χ4v) is 1.33. The number of amides is 1. The van der Waals surface area contributed by atoms with Crippen molar-refractivity contribution in [3.8, 4) is 5.75 Å². The smallest absolute Gasteiger partial charge is 0.254 e. The molecule has 0 aromatic heterocycles. The van der Waals surface area contributed by atoms with Crippen LogP contribution in [0.25, 0.3) is 0 Å². The van der Waals surface area contributed by atoms with Gasteiger partial charge in [0, 0.05) is 19.3 Å². The van der Waals surface area contributed by atoms with Crippen LogP contribution in [0.2, 0.25) is 0 Å². The van der Waals surface area contributed by atoms with Crippen LogP contribution >= 0.6 is 0 Å². The van der Waals surface area contributed by atoms with Gasteiger partial charge in [0.05, 0.1) is 6.61 Å². The second-order valence-electron chi connectivity index (χ2n) is 3.41. The molecule has 0 heterocycles. The summed E-state index contributed by atoms with van der Waals surface area (Å²) in [6, 6.07) is 7.13. The fraction of sp³-hybridized carbons (Fsp3) is 0.417. The maximum atomic E-state index is 11.6. The van der Waals surface area contributed by atoms with Crippen LogP contribution < -0.4 is 15.8 Å². The van der Waals surface area contributed by atoms with Crippen molar-refractivity contribution in [1.82, 2.24) is 0 Å². The van der Waals surface area contributed by atoms with Gasteiger partial charge in [0.1, 0.15) is 11.9 Å². The Balaban J connectivity index is 2.59. The van der Waals surface area contributed by atoms with E-state index >= 15 is 0 Å². The highest BCUT2D eigenvalue weighted by Crippen LogP contribution is 2.15. The largest absolute Gasteiger partial charge is 0.494 e. The molecule has 0 saturated heterocycles. The normalized spacial score (nSPS) is 11.9. The second kappa shape index (κ2) is 6.88. The SMILES string of the molecule is CCOc1ccc(NC(=O)C(CN)OC)cc1. The predicted octanol–water partition coefficient (Wildman–Crippen LogP) is 0.997. The summed E-state index contributed by atoms with van der Waals surface area (Å²) in [5.41, 5.74) is 6.08. The van der Waals surface area contributed by atoms with Crippen molar-refractivity contribution in [3.05, 3.63) is 24.3 Å². The molecule has 0 fully saturated rings. The molecule has 1 atom stereocenters. The Morgan fingerprint density at radius 3 is 2.53 bits per heavy atom. The van der Waals surface area contributed by atoms with Crippen LogP contribution in [0.1, 0.15) is 6.92 Å². The number of carbonyl (C=O) groups is 1. The highest BCUT2D eigenvalue weighted by atomic mass is 16.5. The van der Waals surface area contributed by atoms with Crippen LogP contribution in [0, 0.1) is 0 Å². The summed E-state index contributed by atoms with van der Waals surface area (Å²) in [6.45, 7) is 2.68. The third kappa shape index (κ3) is 4.05. The van der Waals surface area contributed by atoms with Crippen molar-refractivity contribution < 1.29 is 14.3 Å². The first-order valence-corrected chi connectivity index (χ1v) is 5.47. The minimum atomic E-state index is -0.624. The zero-order chi connectivity index (χ0) is 12.7. The third-order valence-corrected chi connectivity index (χ3v) is 2.22. The number of methoxy groups -OCH3 is 1. The quantitative estimate of drug-likeness (QED) is 0.775. The lowest BCUT2D eigenvalue weighted by atomic mass is 10.2. The molecular formula is C12H18N2O3. The molecule has 1 unspecified atom stereocenters. The van der Waals surface area contributed by atoms with Crippen LogP contribution in [0.4, 0.5) is 5.69 Å². The van der Waals surface area contributed by atoms with E-state index in [1.54, 1.807) is 24.3 Å². The lowest BCUT2D eigenvalue weighted by Crippen LogP contribution is -2.35. The highest BCUT2D eigenvalue weighted by molar-refractivity contribution is 5.94. The summed E-state index contributed by atoms with van der Waals surface area (Å²) in [6.07, 6.45) is -0.624. The van der Waals surface area contributed by atoms with Crippen molar-refractivity contribution in [2.24, 2.45) is 5.73 Å². The van der Waals surface area contributed by atoms with E-state index in [1.807, 2.05) is 6.92 Å². The van der Waals surface area contributed by atoms with Gasteiger partial charge >= 0.3 is 0 Å². The number of carbonyl (C=O) groups excluding carboxylic acids is 1. The van der Waals surface area contributed by atoms with Gasteiger partial charge in [-0.05, 0) is 31.2 Å². The summed E-state index contributed by atoms with van der Waals surface area (Å²) in [7, 11) is 1.45. The van der Waals surface area contributed by atoms with Gasteiger partial charge in [-0.1, -0.05) is 0 Å². The first kappa shape index (κ1) is 13.5. The van der Waals surface area contributed by atoms with Gasteiger partial charge in [-0.2, -0.15) is 0 Å². The van der Waals surface area contributed by atoms with Crippen molar-refractivity contribution in [2.75, 3.05) is 25.6 Å². The van der Waals surface area contributed by atoms with Gasteiger partial charge in [-0.25, -0.2) is 0 Å². The van der Waals surface area contributed by atoms with Crippen molar-refractivity contribution in [3.63, 3.8) is 0 Å². The molecule has 1 amide bonds. The predicted molar refractivity (Wildman–Crippen MR) is 66.1 cm³/mol. The number of rotatable bonds is 6. The lowest BCUT2D eigenvalue weighted by Gasteiger charge is -2.13. The number of ether oxygens (including phenoxy) is 2. The number of benzene rings is 1. The summed E-state index contributed by atoms with van der Waals surface area (Å²) in [5.74, 6) is 0.520. The molecule has 94 valence electrons. The van der Waals surface area contributed by atoms with Gasteiger partial charge in [0.2, 0.25) is 0 Å². The Hall–Kier alpha value is -1.59. The first-order chi connectivity index (χ1) is 8.21. The van der Waals surface area contributed by atoms with Gasteiger partial charge in [-0.3, -0.25) is 4.79 Å². The zero-order valence-electron chi connectivity index (χ0n) is 10.1. The summed E-state index contributed by atoms with van der Waals surface area (Å²) in [4.78, 5) is 11.6. The van der Waals surface area contributed by atoms with E-state index < -0.39 is 6.10 Å². The molecule has 1 rings (SSSR count). The van der Waals surface area contributed by atoms with Crippen LogP contribution in [0.5, 0.6) is 5.75 Å². The molecule has 0 aliphatic rings. The number of hydrogen-bond donors (Lipinski definition) is 2. The Labute approximate surface area is 101 Å². The molecule has 0 aliphatic carbocycles. The van der Waals surface area contributed by atoms with Gasteiger partial charge in [0.15, 0.2) is 0 Å². The molecule has 5 heteroatoms. The van der Waals surface area contributed by atoms with E-state index in [9.17, 15) is 4.79 Å². The number of anilines is 1. The maximum Gasteiger partial charge on any atom is 0.254 e. The summed E-state index contributed by atoms with van der Waals surface area (Å²) in [5, 5.41) is 2.71. The Kier molecular flexibility index (Phi) is 5.45. The molecule has 0 aliphatic heterocycles. The second-order valence-corrected chi connectivity index (χ2v) is 3.41. The van der Waals surface area contributed by atoms with Crippen molar-refractivity contribution >= 4 is 11.6 Å². The molecule has 0 radical (unpaired) electrons. The number of hydrogen-bond acceptors (Lipinski definition) is 4. The van der Waals surface area contributed by atoms with E-state index in [0.29, 0.717) is 12.3 Å². The molecule has 5 nitrogen and oxygen atoms in total. The number of nitrogens with two attached hydrogens (primary N) is 1. The molecule has 3 N–H and O–H groups in total. The summed E-state index contributed by atoms with van der Waals surface area (Å²) >= 11 is 0. The zero-order valence-corrected chi connectivity index (χ0v) is 10.1. The average Bonchev–Trinajstić information content (AvgIpc) is 2.33. The molecule has 0 spiro atoms. The Morgan fingerprint density at radius 2 is 2.06 bits per heavy atom. The van der Waals surface area contributed by atoms with Crippen LogP contribution in [0.15, 0.2) is 24.3 Å². The van der Waals surface area contributed by atoms with Crippen molar-refractivity contribution in [1.29, 1.82) is 0 Å². The van der Waals surface area contributed by atoms with Crippen molar-refractivity contribution in [2.45, 2.75) is 13.0 Å². The van der Waals surface area contributed by atoms with Crippen LogP contribution in [-0.4, -0.2) is 32.3 Å². The Bertz CT molecular complexity index is 347. The number of nitrogens with one attached hydrogen (secondary N) is 1. The maximum absolute atomic E-state index is 11.6. The minimum absolute atomic E-state index is 0.152. The van der Waals surface area contributed by atoms with E-state index in [2.05, 4.69) is 5.32 Å². The first-order valence-electron chi connectivity index (χ1n) is 5.47. The topological polar surface area (TPSA) is 73.6 Å². The van der Waals surface area contributed by atoms with E-state index in [4.69, 9.17) is 15.2 Å². The molecule has 0 bridgehead atoms. The molecule has 1 aromatic carbocycles. The fourth-order valence-electron chi connectivity index (χ4n) is 1.33. The third-order valence-electron chi connectivity index (χ3n) is 2.22. The van der Waals surface area contributed by atoms with Crippen LogP contribution in [0.3, 0.4) is 0 Å². The molecule has 0 saturated carbocycles. The molecule has 17 heavy (non-hydrogen) atoms. The van der Waals surface area contributed by atoms with Gasteiger partial charge in [-0.15, -0.1) is 0 Å². The average molecular weight is 238 g/mol. The standard InChI is InChI=1S/C12H18N2O3/c1-3-17-10-6-4-9(5-7-10)14-12(15)11(8-13)16-2/h4-7,11H,3,8,13H2,1-2H3,(H,14,15). The minimum Gasteiger partial charge on any atom is -0.494 e.